The number of hydrogen-bond donors (Lipinski definition) is 1. The minimum Gasteiger partial charge on any atom is -0.341 e. The summed E-state index contributed by atoms with van der Waals surface area (Å²) >= 11 is 1.37. The van der Waals surface area contributed by atoms with E-state index in [2.05, 4.69) is 12.2 Å². The van der Waals surface area contributed by atoms with Crippen molar-refractivity contribution < 1.29 is 9.59 Å². The van der Waals surface area contributed by atoms with Crippen LogP contribution in [0.2, 0.25) is 0 Å². The van der Waals surface area contributed by atoms with Crippen molar-refractivity contribution in [2.75, 3.05) is 24.2 Å². The Labute approximate surface area is 193 Å². The van der Waals surface area contributed by atoms with Crippen molar-refractivity contribution in [3.8, 4) is 0 Å². The van der Waals surface area contributed by atoms with Crippen molar-refractivity contribution in [2.24, 2.45) is 5.92 Å². The zero-order valence-corrected chi connectivity index (χ0v) is 19.7. The lowest BCUT2D eigenvalue weighted by molar-refractivity contribution is -0.133. The fourth-order valence-electron chi connectivity index (χ4n) is 4.00. The molecule has 0 radical (unpaired) electrons. The highest BCUT2D eigenvalue weighted by molar-refractivity contribution is 7.99. The first-order valence-electron chi connectivity index (χ1n) is 11.1. The van der Waals surface area contributed by atoms with Gasteiger partial charge in [0.05, 0.1) is 16.8 Å². The Morgan fingerprint density at radius 3 is 2.66 bits per heavy atom. The van der Waals surface area contributed by atoms with Gasteiger partial charge >= 0.3 is 0 Å². The number of piperidine rings is 1. The van der Waals surface area contributed by atoms with Crippen molar-refractivity contribution in [2.45, 2.75) is 45.3 Å². The summed E-state index contributed by atoms with van der Waals surface area (Å²) in [5, 5.41) is 3.69. The molecule has 1 fully saturated rings. The van der Waals surface area contributed by atoms with E-state index in [1.165, 1.54) is 11.8 Å². The van der Waals surface area contributed by atoms with Gasteiger partial charge in [0.1, 0.15) is 6.54 Å². The summed E-state index contributed by atoms with van der Waals surface area (Å²) < 4.78 is 1.95. The van der Waals surface area contributed by atoms with Crippen LogP contribution >= 0.6 is 11.8 Å². The van der Waals surface area contributed by atoms with Crippen LogP contribution in [0.5, 0.6) is 0 Å². The SMILES string of the molecule is Cc1ccc(C)c(NC(=O)CSc2nc3ccccc3n2CC(=O)N2CCC(C)CC2)c1. The molecule has 2 heterocycles. The lowest BCUT2D eigenvalue weighted by Crippen LogP contribution is -2.39. The summed E-state index contributed by atoms with van der Waals surface area (Å²) in [6.45, 7) is 8.10. The van der Waals surface area contributed by atoms with E-state index in [1.807, 2.05) is 65.8 Å². The van der Waals surface area contributed by atoms with Crippen LogP contribution in [0.15, 0.2) is 47.6 Å². The summed E-state index contributed by atoms with van der Waals surface area (Å²) in [6, 6.07) is 13.8. The second-order valence-corrected chi connectivity index (χ2v) is 9.63. The smallest absolute Gasteiger partial charge is 0.242 e. The topological polar surface area (TPSA) is 67.2 Å². The minimum atomic E-state index is -0.0846. The minimum absolute atomic E-state index is 0.0846. The standard InChI is InChI=1S/C25H30N4O2S/c1-17-10-12-28(13-11-17)24(31)15-29-22-7-5-4-6-20(22)27-25(29)32-16-23(30)26-21-14-18(2)8-9-19(21)3/h4-9,14,17H,10-13,15-16H2,1-3H3,(H,26,30). The number of hydrogen-bond acceptors (Lipinski definition) is 4. The number of likely N-dealkylation sites (tertiary alicyclic amines) is 1. The highest BCUT2D eigenvalue weighted by Crippen LogP contribution is 2.26. The average Bonchev–Trinajstić information content (AvgIpc) is 3.12. The second-order valence-electron chi connectivity index (χ2n) is 8.69. The summed E-state index contributed by atoms with van der Waals surface area (Å²) in [5.41, 5.74) is 4.72. The Kier molecular flexibility index (Phi) is 6.84. The molecule has 2 amide bonds. The summed E-state index contributed by atoms with van der Waals surface area (Å²) in [4.78, 5) is 32.3. The third kappa shape index (κ3) is 5.15. The van der Waals surface area contributed by atoms with Gasteiger partial charge in [-0.25, -0.2) is 4.98 Å². The third-order valence-corrected chi connectivity index (χ3v) is 7.03. The number of benzene rings is 2. The van der Waals surface area contributed by atoms with E-state index in [0.29, 0.717) is 11.1 Å². The molecule has 1 aromatic heterocycles. The van der Waals surface area contributed by atoms with Crippen LogP contribution in [-0.4, -0.2) is 45.1 Å². The molecule has 0 bridgehead atoms. The number of amides is 2. The Balaban J connectivity index is 1.48. The number of fused-ring (bicyclic) bond motifs is 1. The highest BCUT2D eigenvalue weighted by Gasteiger charge is 2.22. The van der Waals surface area contributed by atoms with Gasteiger partial charge in [-0.3, -0.25) is 9.59 Å². The van der Waals surface area contributed by atoms with Gasteiger partial charge in [0.25, 0.3) is 0 Å². The Bertz CT molecular complexity index is 1130. The summed E-state index contributed by atoms with van der Waals surface area (Å²) in [7, 11) is 0. The van der Waals surface area contributed by atoms with E-state index >= 15 is 0 Å². The predicted octanol–water partition coefficient (Wildman–Crippen LogP) is 4.64. The van der Waals surface area contributed by atoms with Gasteiger partial charge in [0, 0.05) is 18.8 Å². The van der Waals surface area contributed by atoms with E-state index < -0.39 is 0 Å². The molecule has 0 spiro atoms. The van der Waals surface area contributed by atoms with Gasteiger partial charge in [0.2, 0.25) is 11.8 Å². The Hall–Kier alpha value is -2.80. The van der Waals surface area contributed by atoms with Crippen LogP contribution in [0.3, 0.4) is 0 Å². The maximum Gasteiger partial charge on any atom is 0.242 e. The first-order valence-corrected chi connectivity index (χ1v) is 12.1. The van der Waals surface area contributed by atoms with Gasteiger partial charge in [0.15, 0.2) is 5.16 Å². The molecule has 6 nitrogen and oxygen atoms in total. The number of rotatable bonds is 6. The molecule has 2 aromatic carbocycles. The van der Waals surface area contributed by atoms with Gasteiger partial charge < -0.3 is 14.8 Å². The van der Waals surface area contributed by atoms with Crippen LogP contribution in [0.4, 0.5) is 5.69 Å². The van der Waals surface area contributed by atoms with E-state index in [0.717, 1.165) is 53.8 Å². The molecule has 7 heteroatoms. The maximum absolute atomic E-state index is 13.0. The monoisotopic (exact) mass is 450 g/mol. The number of thioether (sulfide) groups is 1. The molecule has 3 aromatic rings. The molecular formula is C25H30N4O2S. The Morgan fingerprint density at radius 1 is 1.12 bits per heavy atom. The molecule has 4 rings (SSSR count). The second kappa shape index (κ2) is 9.77. The number of para-hydroxylation sites is 2. The highest BCUT2D eigenvalue weighted by atomic mass is 32.2. The molecular weight excluding hydrogens is 420 g/mol. The van der Waals surface area contributed by atoms with Crippen molar-refractivity contribution in [3.05, 3.63) is 53.6 Å². The number of carbonyl (C=O) groups is 2. The largest absolute Gasteiger partial charge is 0.341 e. The van der Waals surface area contributed by atoms with Crippen LogP contribution in [0.25, 0.3) is 11.0 Å². The lowest BCUT2D eigenvalue weighted by Gasteiger charge is -2.30. The van der Waals surface area contributed by atoms with Crippen LogP contribution in [-0.2, 0) is 16.1 Å². The van der Waals surface area contributed by atoms with Crippen LogP contribution in [0, 0.1) is 19.8 Å². The number of nitrogens with zero attached hydrogens (tertiary/aromatic N) is 3. The van der Waals surface area contributed by atoms with Crippen molar-refractivity contribution >= 4 is 40.3 Å². The normalized spacial score (nSPS) is 14.7. The molecule has 0 saturated carbocycles. The number of carbonyl (C=O) groups excluding carboxylic acids is 2. The van der Waals surface area contributed by atoms with Crippen molar-refractivity contribution in [1.29, 1.82) is 0 Å². The maximum atomic E-state index is 13.0. The molecule has 1 aliphatic rings. The molecule has 0 atom stereocenters. The number of anilines is 1. The number of aryl methyl sites for hydroxylation is 2. The van der Waals surface area contributed by atoms with Gasteiger partial charge in [-0.1, -0.05) is 43.0 Å². The van der Waals surface area contributed by atoms with Crippen molar-refractivity contribution in [1.82, 2.24) is 14.5 Å². The summed E-state index contributed by atoms with van der Waals surface area (Å²) in [6.07, 6.45) is 2.10. The van der Waals surface area contributed by atoms with Gasteiger partial charge in [-0.2, -0.15) is 0 Å². The molecule has 1 saturated heterocycles. The number of nitrogens with one attached hydrogen (secondary N) is 1. The zero-order valence-electron chi connectivity index (χ0n) is 18.9. The molecule has 1 aliphatic heterocycles. The van der Waals surface area contributed by atoms with Gasteiger partial charge in [-0.05, 0) is 61.9 Å². The number of imidazole rings is 1. The fraction of sp³-hybridized carbons (Fsp3) is 0.400. The zero-order chi connectivity index (χ0) is 22.7. The first-order chi connectivity index (χ1) is 15.4. The van der Waals surface area contributed by atoms with E-state index in [1.54, 1.807) is 0 Å². The van der Waals surface area contributed by atoms with E-state index in [-0.39, 0.29) is 24.1 Å². The number of aromatic nitrogens is 2. The molecule has 1 N–H and O–H groups in total. The third-order valence-electron chi connectivity index (χ3n) is 6.05. The molecule has 168 valence electrons. The first kappa shape index (κ1) is 22.4. The van der Waals surface area contributed by atoms with Gasteiger partial charge in [-0.15, -0.1) is 0 Å². The molecule has 32 heavy (non-hydrogen) atoms. The van der Waals surface area contributed by atoms with E-state index in [4.69, 9.17) is 4.98 Å². The summed E-state index contributed by atoms with van der Waals surface area (Å²) in [5.74, 6) is 0.932. The quantitative estimate of drug-likeness (QED) is 0.556. The average molecular weight is 451 g/mol. The van der Waals surface area contributed by atoms with Crippen LogP contribution in [0.1, 0.15) is 30.9 Å². The van der Waals surface area contributed by atoms with Crippen molar-refractivity contribution in [3.63, 3.8) is 0 Å². The van der Waals surface area contributed by atoms with E-state index in [9.17, 15) is 9.59 Å². The molecule has 0 aliphatic carbocycles. The lowest BCUT2D eigenvalue weighted by atomic mass is 9.99. The molecule has 0 unspecified atom stereocenters. The van der Waals surface area contributed by atoms with Crippen LogP contribution < -0.4 is 5.32 Å². The fourth-order valence-corrected chi connectivity index (χ4v) is 4.81. The predicted molar refractivity (Wildman–Crippen MR) is 130 cm³/mol. The Morgan fingerprint density at radius 2 is 1.88 bits per heavy atom.